The van der Waals surface area contributed by atoms with Crippen molar-refractivity contribution in [2.24, 2.45) is 5.92 Å². The van der Waals surface area contributed by atoms with Crippen LogP contribution in [0.3, 0.4) is 0 Å². The lowest BCUT2D eigenvalue weighted by Gasteiger charge is -2.28. The van der Waals surface area contributed by atoms with E-state index in [2.05, 4.69) is 10.3 Å². The van der Waals surface area contributed by atoms with E-state index < -0.39 is 5.97 Å². The molecule has 2 N–H and O–H groups in total. The van der Waals surface area contributed by atoms with Crippen LogP contribution in [0.25, 0.3) is 0 Å². The number of aryl methyl sites for hydroxylation is 1. The molecule has 0 aliphatic heterocycles. The van der Waals surface area contributed by atoms with Gasteiger partial charge < -0.3 is 15.2 Å². The van der Waals surface area contributed by atoms with Gasteiger partial charge in [0.1, 0.15) is 0 Å². The van der Waals surface area contributed by atoms with E-state index in [1.165, 1.54) is 0 Å². The van der Waals surface area contributed by atoms with E-state index in [-0.39, 0.29) is 12.0 Å². The van der Waals surface area contributed by atoms with Crippen LogP contribution in [-0.4, -0.2) is 28.2 Å². The lowest BCUT2D eigenvalue weighted by molar-refractivity contribution is -0.142. The van der Waals surface area contributed by atoms with Crippen molar-refractivity contribution in [3.05, 3.63) is 17.8 Å². The summed E-state index contributed by atoms with van der Waals surface area (Å²) in [5.41, 5.74) is 1.98. The standard InChI is InChI=1S/C16H24N2O3/c1-10(2)21-15-14(8-11(3)9-17-15)18-13-6-4-12(5-7-13)16(19)20/h8-10,12-13,18H,4-7H2,1-3H3,(H,19,20). The summed E-state index contributed by atoms with van der Waals surface area (Å²) < 4.78 is 5.73. The maximum absolute atomic E-state index is 11.0. The molecule has 1 aromatic heterocycles. The molecule has 1 aromatic rings. The van der Waals surface area contributed by atoms with Gasteiger partial charge in [-0.25, -0.2) is 4.98 Å². The van der Waals surface area contributed by atoms with Crippen LogP contribution in [-0.2, 0) is 4.79 Å². The zero-order chi connectivity index (χ0) is 15.4. The van der Waals surface area contributed by atoms with Gasteiger partial charge in [-0.2, -0.15) is 0 Å². The van der Waals surface area contributed by atoms with Crippen LogP contribution < -0.4 is 10.1 Å². The SMILES string of the molecule is Cc1cnc(OC(C)C)c(NC2CCC(C(=O)O)CC2)c1. The molecule has 0 aromatic carbocycles. The van der Waals surface area contributed by atoms with Crippen LogP contribution in [0.4, 0.5) is 5.69 Å². The molecular weight excluding hydrogens is 268 g/mol. The minimum absolute atomic E-state index is 0.0727. The van der Waals surface area contributed by atoms with E-state index in [1.54, 1.807) is 6.20 Å². The van der Waals surface area contributed by atoms with Gasteiger partial charge in [0.05, 0.1) is 17.7 Å². The highest BCUT2D eigenvalue weighted by atomic mass is 16.5. The van der Waals surface area contributed by atoms with E-state index in [4.69, 9.17) is 9.84 Å². The monoisotopic (exact) mass is 292 g/mol. The van der Waals surface area contributed by atoms with E-state index in [0.717, 1.165) is 36.9 Å². The predicted molar refractivity (Wildman–Crippen MR) is 81.7 cm³/mol. The number of nitrogens with zero attached hydrogens (tertiary/aromatic N) is 1. The second kappa shape index (κ2) is 6.78. The smallest absolute Gasteiger partial charge is 0.306 e. The van der Waals surface area contributed by atoms with E-state index in [0.29, 0.717) is 11.9 Å². The Morgan fingerprint density at radius 1 is 1.38 bits per heavy atom. The molecule has 0 unspecified atom stereocenters. The van der Waals surface area contributed by atoms with Crippen molar-refractivity contribution in [3.8, 4) is 5.88 Å². The molecule has 1 fully saturated rings. The Morgan fingerprint density at radius 2 is 2.05 bits per heavy atom. The third-order valence-electron chi connectivity index (χ3n) is 3.77. The number of nitrogens with one attached hydrogen (secondary N) is 1. The fraction of sp³-hybridized carbons (Fsp3) is 0.625. The highest BCUT2D eigenvalue weighted by Gasteiger charge is 2.26. The number of rotatable bonds is 5. The van der Waals surface area contributed by atoms with Gasteiger partial charge in [-0.05, 0) is 58.1 Å². The molecule has 0 saturated heterocycles. The van der Waals surface area contributed by atoms with Crippen LogP contribution in [0.1, 0.15) is 45.1 Å². The minimum atomic E-state index is -0.672. The predicted octanol–water partition coefficient (Wildman–Crippen LogP) is 3.23. The number of aliphatic carboxylic acids is 1. The highest BCUT2D eigenvalue weighted by Crippen LogP contribution is 2.30. The first-order valence-electron chi connectivity index (χ1n) is 7.58. The van der Waals surface area contributed by atoms with Gasteiger partial charge in [0.2, 0.25) is 5.88 Å². The van der Waals surface area contributed by atoms with Crippen LogP contribution in [0, 0.1) is 12.8 Å². The molecule has 0 amide bonds. The number of carbonyl (C=O) groups is 1. The largest absolute Gasteiger partial charge is 0.481 e. The van der Waals surface area contributed by atoms with Gasteiger partial charge in [-0.1, -0.05) is 0 Å². The quantitative estimate of drug-likeness (QED) is 0.871. The molecule has 2 rings (SSSR count). The molecule has 5 nitrogen and oxygen atoms in total. The number of carboxylic acid groups (broad SMARTS) is 1. The van der Waals surface area contributed by atoms with Crippen molar-refractivity contribution < 1.29 is 14.6 Å². The van der Waals surface area contributed by atoms with Crippen molar-refractivity contribution >= 4 is 11.7 Å². The zero-order valence-corrected chi connectivity index (χ0v) is 12.9. The van der Waals surface area contributed by atoms with Gasteiger partial charge in [0.25, 0.3) is 0 Å². The van der Waals surface area contributed by atoms with Gasteiger partial charge in [-0.3, -0.25) is 4.79 Å². The summed E-state index contributed by atoms with van der Waals surface area (Å²) >= 11 is 0. The van der Waals surface area contributed by atoms with Crippen LogP contribution >= 0.6 is 0 Å². The maximum atomic E-state index is 11.0. The van der Waals surface area contributed by atoms with Crippen LogP contribution in [0.2, 0.25) is 0 Å². The Hall–Kier alpha value is -1.78. The average molecular weight is 292 g/mol. The molecular formula is C16H24N2O3. The van der Waals surface area contributed by atoms with Crippen molar-refractivity contribution in [2.45, 2.75) is 58.6 Å². The fourth-order valence-corrected chi connectivity index (χ4v) is 2.68. The van der Waals surface area contributed by atoms with Crippen molar-refractivity contribution in [1.82, 2.24) is 4.98 Å². The van der Waals surface area contributed by atoms with Gasteiger partial charge in [-0.15, -0.1) is 0 Å². The van der Waals surface area contributed by atoms with Gasteiger partial charge in [0, 0.05) is 12.2 Å². The Balaban J connectivity index is 2.02. The molecule has 0 atom stereocenters. The summed E-state index contributed by atoms with van der Waals surface area (Å²) in [5, 5.41) is 12.5. The molecule has 1 aliphatic rings. The Labute approximate surface area is 125 Å². The topological polar surface area (TPSA) is 71.5 Å². The third kappa shape index (κ3) is 4.34. The summed E-state index contributed by atoms with van der Waals surface area (Å²) in [6.45, 7) is 5.95. The maximum Gasteiger partial charge on any atom is 0.306 e. The molecule has 1 saturated carbocycles. The second-order valence-corrected chi connectivity index (χ2v) is 6.06. The molecule has 21 heavy (non-hydrogen) atoms. The lowest BCUT2D eigenvalue weighted by atomic mass is 9.86. The van der Waals surface area contributed by atoms with Crippen molar-refractivity contribution in [3.63, 3.8) is 0 Å². The summed E-state index contributed by atoms with van der Waals surface area (Å²) in [7, 11) is 0. The van der Waals surface area contributed by atoms with Gasteiger partial charge >= 0.3 is 5.97 Å². The molecule has 0 bridgehead atoms. The summed E-state index contributed by atoms with van der Waals surface area (Å²) in [6, 6.07) is 2.33. The number of hydrogen-bond donors (Lipinski definition) is 2. The van der Waals surface area contributed by atoms with Crippen LogP contribution in [0.15, 0.2) is 12.3 Å². The Morgan fingerprint density at radius 3 is 2.62 bits per heavy atom. The molecule has 0 spiro atoms. The Kier molecular flexibility index (Phi) is 5.04. The molecule has 0 radical (unpaired) electrons. The first kappa shape index (κ1) is 15.6. The van der Waals surface area contributed by atoms with Crippen molar-refractivity contribution in [2.75, 3.05) is 5.32 Å². The third-order valence-corrected chi connectivity index (χ3v) is 3.77. The molecule has 5 heteroatoms. The number of anilines is 1. The number of aromatic nitrogens is 1. The zero-order valence-electron chi connectivity index (χ0n) is 12.9. The lowest BCUT2D eigenvalue weighted by Crippen LogP contribution is -2.29. The summed E-state index contributed by atoms with van der Waals surface area (Å²) in [4.78, 5) is 15.3. The minimum Gasteiger partial charge on any atom is -0.481 e. The normalized spacial score (nSPS) is 22.1. The van der Waals surface area contributed by atoms with E-state index in [1.807, 2.05) is 26.8 Å². The van der Waals surface area contributed by atoms with Crippen molar-refractivity contribution in [1.29, 1.82) is 0 Å². The van der Waals surface area contributed by atoms with E-state index >= 15 is 0 Å². The second-order valence-electron chi connectivity index (χ2n) is 6.06. The molecule has 1 aliphatic carbocycles. The summed E-state index contributed by atoms with van der Waals surface area (Å²) in [6.07, 6.45) is 5.06. The number of carboxylic acids is 1. The van der Waals surface area contributed by atoms with Crippen LogP contribution in [0.5, 0.6) is 5.88 Å². The average Bonchev–Trinajstić information content (AvgIpc) is 2.42. The fourth-order valence-electron chi connectivity index (χ4n) is 2.68. The highest BCUT2D eigenvalue weighted by molar-refractivity contribution is 5.70. The van der Waals surface area contributed by atoms with Gasteiger partial charge in [0.15, 0.2) is 0 Å². The number of pyridine rings is 1. The van der Waals surface area contributed by atoms with E-state index in [9.17, 15) is 4.79 Å². The first-order chi connectivity index (χ1) is 9.95. The molecule has 1 heterocycles. The number of ether oxygens (including phenoxy) is 1. The Bertz CT molecular complexity index is 494. The number of hydrogen-bond acceptors (Lipinski definition) is 4. The first-order valence-corrected chi connectivity index (χ1v) is 7.58. The molecule has 116 valence electrons. The summed E-state index contributed by atoms with van der Waals surface area (Å²) in [5.74, 6) is -0.240.